The van der Waals surface area contributed by atoms with E-state index >= 15 is 0 Å². The van der Waals surface area contributed by atoms with Gasteiger partial charge in [-0.15, -0.1) is 0 Å². The topological polar surface area (TPSA) is 84.9 Å². The van der Waals surface area contributed by atoms with Gasteiger partial charge in [0.25, 0.3) is 5.91 Å². The molecule has 124 valence electrons. The number of hydrogen-bond acceptors (Lipinski definition) is 4. The number of carboxylic acids is 1. The standard InChI is InChI=1S/C17H14FNO5/c18-11-6-4-10(5-7-11)13(8-15(20)21)19-17(22)12-2-1-3-14-16(12)24-9-23-14/h1-7,13H,8-9H2,(H,19,22)(H,20,21)/t13-/m1/s1. The van der Waals surface area contributed by atoms with E-state index in [9.17, 15) is 14.0 Å². The zero-order chi connectivity index (χ0) is 17.1. The molecule has 2 N–H and O–H groups in total. The van der Waals surface area contributed by atoms with E-state index in [0.29, 0.717) is 17.1 Å². The van der Waals surface area contributed by atoms with Crippen LogP contribution in [0.3, 0.4) is 0 Å². The fourth-order valence-corrected chi connectivity index (χ4v) is 2.47. The summed E-state index contributed by atoms with van der Waals surface area (Å²) in [5.41, 5.74) is 0.749. The lowest BCUT2D eigenvalue weighted by molar-refractivity contribution is -0.137. The highest BCUT2D eigenvalue weighted by atomic mass is 19.1. The lowest BCUT2D eigenvalue weighted by Crippen LogP contribution is -2.30. The summed E-state index contributed by atoms with van der Waals surface area (Å²) in [6.45, 7) is 0.0240. The van der Waals surface area contributed by atoms with Crippen molar-refractivity contribution < 1.29 is 28.6 Å². The molecule has 0 aromatic heterocycles. The molecule has 2 aromatic rings. The molecule has 6 nitrogen and oxygen atoms in total. The highest BCUT2D eigenvalue weighted by Gasteiger charge is 2.25. The minimum Gasteiger partial charge on any atom is -0.481 e. The zero-order valence-corrected chi connectivity index (χ0v) is 12.5. The third-order valence-corrected chi connectivity index (χ3v) is 3.60. The first kappa shape index (κ1) is 15.8. The monoisotopic (exact) mass is 331 g/mol. The normalized spacial score (nSPS) is 13.4. The van der Waals surface area contributed by atoms with Gasteiger partial charge >= 0.3 is 5.97 Å². The van der Waals surface area contributed by atoms with E-state index in [1.807, 2.05) is 0 Å². The highest BCUT2D eigenvalue weighted by molar-refractivity contribution is 5.98. The molecular weight excluding hydrogens is 317 g/mol. The van der Waals surface area contributed by atoms with Crippen LogP contribution in [0.5, 0.6) is 11.5 Å². The van der Waals surface area contributed by atoms with Crippen LogP contribution in [0.15, 0.2) is 42.5 Å². The molecule has 0 fully saturated rings. The van der Waals surface area contributed by atoms with E-state index in [1.54, 1.807) is 18.2 Å². The van der Waals surface area contributed by atoms with Crippen LogP contribution in [-0.4, -0.2) is 23.8 Å². The largest absolute Gasteiger partial charge is 0.481 e. The number of carbonyl (C=O) groups excluding carboxylic acids is 1. The van der Waals surface area contributed by atoms with Crippen molar-refractivity contribution in [1.82, 2.24) is 5.32 Å². The summed E-state index contributed by atoms with van der Waals surface area (Å²) in [6.07, 6.45) is -0.330. The van der Waals surface area contributed by atoms with Gasteiger partial charge in [0.15, 0.2) is 11.5 Å². The number of hydrogen-bond donors (Lipinski definition) is 2. The van der Waals surface area contributed by atoms with Gasteiger partial charge in [-0.1, -0.05) is 18.2 Å². The quantitative estimate of drug-likeness (QED) is 0.879. The summed E-state index contributed by atoms with van der Waals surface area (Å²) in [5.74, 6) is -1.23. The van der Waals surface area contributed by atoms with Crippen molar-refractivity contribution in [3.8, 4) is 11.5 Å². The Bertz CT molecular complexity index is 775. The van der Waals surface area contributed by atoms with Gasteiger partial charge in [-0.2, -0.15) is 0 Å². The first-order chi connectivity index (χ1) is 11.5. The van der Waals surface area contributed by atoms with E-state index in [2.05, 4.69) is 5.32 Å². The minimum atomic E-state index is -1.08. The summed E-state index contributed by atoms with van der Waals surface area (Å²) in [4.78, 5) is 23.6. The Morgan fingerprint density at radius 2 is 1.92 bits per heavy atom. The number of carbonyl (C=O) groups is 2. The fraction of sp³-hybridized carbons (Fsp3) is 0.176. The Kier molecular flexibility index (Phi) is 4.33. The second-order valence-electron chi connectivity index (χ2n) is 5.21. The second-order valence-corrected chi connectivity index (χ2v) is 5.21. The number of fused-ring (bicyclic) bond motifs is 1. The van der Waals surface area contributed by atoms with Crippen molar-refractivity contribution >= 4 is 11.9 Å². The molecule has 0 saturated heterocycles. The Morgan fingerprint density at radius 1 is 1.17 bits per heavy atom. The molecule has 1 aliphatic rings. The smallest absolute Gasteiger partial charge is 0.305 e. The van der Waals surface area contributed by atoms with Gasteiger partial charge in [-0.05, 0) is 29.8 Å². The Hall–Kier alpha value is -3.09. The molecule has 1 heterocycles. The van der Waals surface area contributed by atoms with E-state index in [4.69, 9.17) is 14.6 Å². The maximum atomic E-state index is 13.1. The molecule has 1 amide bonds. The fourth-order valence-electron chi connectivity index (χ4n) is 2.47. The minimum absolute atomic E-state index is 0.0240. The van der Waals surface area contributed by atoms with Crippen molar-refractivity contribution in [3.05, 3.63) is 59.4 Å². The molecule has 24 heavy (non-hydrogen) atoms. The molecule has 1 aliphatic heterocycles. The molecule has 1 atom stereocenters. The average molecular weight is 331 g/mol. The van der Waals surface area contributed by atoms with Crippen LogP contribution in [0.4, 0.5) is 4.39 Å². The van der Waals surface area contributed by atoms with Crippen molar-refractivity contribution in [3.63, 3.8) is 0 Å². The predicted molar refractivity (Wildman–Crippen MR) is 81.4 cm³/mol. The molecule has 0 aliphatic carbocycles. The van der Waals surface area contributed by atoms with Gasteiger partial charge in [-0.3, -0.25) is 9.59 Å². The number of amides is 1. The number of aliphatic carboxylic acids is 1. The van der Waals surface area contributed by atoms with E-state index in [-0.39, 0.29) is 18.8 Å². The molecule has 7 heteroatoms. The number of ether oxygens (including phenoxy) is 2. The molecule has 0 bridgehead atoms. The average Bonchev–Trinajstić information content (AvgIpc) is 3.03. The molecule has 0 spiro atoms. The van der Waals surface area contributed by atoms with Crippen molar-refractivity contribution in [2.24, 2.45) is 0 Å². The molecule has 0 unspecified atom stereocenters. The van der Waals surface area contributed by atoms with Crippen LogP contribution in [0, 0.1) is 5.82 Å². The number of halogens is 1. The lowest BCUT2D eigenvalue weighted by Gasteiger charge is -2.18. The Balaban J connectivity index is 1.85. The van der Waals surface area contributed by atoms with Crippen molar-refractivity contribution in [2.75, 3.05) is 6.79 Å². The third-order valence-electron chi connectivity index (χ3n) is 3.60. The number of carboxylic acid groups (broad SMARTS) is 1. The van der Waals surface area contributed by atoms with E-state index < -0.39 is 23.7 Å². The summed E-state index contributed by atoms with van der Waals surface area (Å²) >= 11 is 0. The number of para-hydroxylation sites is 1. The Labute approximate surface area is 136 Å². The van der Waals surface area contributed by atoms with Gasteiger partial charge in [0.2, 0.25) is 6.79 Å². The van der Waals surface area contributed by atoms with E-state index in [1.165, 1.54) is 24.3 Å². The van der Waals surface area contributed by atoms with Crippen LogP contribution in [0.1, 0.15) is 28.4 Å². The predicted octanol–water partition coefficient (Wildman–Crippen LogP) is 2.50. The third kappa shape index (κ3) is 3.29. The summed E-state index contributed by atoms with van der Waals surface area (Å²) in [7, 11) is 0. The first-order valence-electron chi connectivity index (χ1n) is 7.21. The van der Waals surface area contributed by atoms with E-state index in [0.717, 1.165) is 0 Å². The maximum absolute atomic E-state index is 13.1. The second kappa shape index (κ2) is 6.57. The molecule has 3 rings (SSSR count). The number of rotatable bonds is 5. The van der Waals surface area contributed by atoms with Crippen LogP contribution >= 0.6 is 0 Å². The van der Waals surface area contributed by atoms with Gasteiger partial charge in [0.1, 0.15) is 5.82 Å². The number of benzene rings is 2. The highest BCUT2D eigenvalue weighted by Crippen LogP contribution is 2.35. The van der Waals surface area contributed by atoms with Crippen LogP contribution < -0.4 is 14.8 Å². The van der Waals surface area contributed by atoms with Crippen LogP contribution in [0.2, 0.25) is 0 Å². The number of nitrogens with one attached hydrogen (secondary N) is 1. The molecule has 0 saturated carbocycles. The van der Waals surface area contributed by atoms with Gasteiger partial charge in [0.05, 0.1) is 18.0 Å². The van der Waals surface area contributed by atoms with Gasteiger partial charge in [0, 0.05) is 0 Å². The molecule has 2 aromatic carbocycles. The summed E-state index contributed by atoms with van der Waals surface area (Å²) in [6, 6.07) is 9.40. The first-order valence-corrected chi connectivity index (χ1v) is 7.21. The van der Waals surface area contributed by atoms with Crippen LogP contribution in [0.25, 0.3) is 0 Å². The summed E-state index contributed by atoms with van der Waals surface area (Å²) in [5, 5.41) is 11.7. The van der Waals surface area contributed by atoms with Crippen molar-refractivity contribution in [2.45, 2.75) is 12.5 Å². The molecular formula is C17H14FNO5. The maximum Gasteiger partial charge on any atom is 0.305 e. The molecule has 0 radical (unpaired) electrons. The zero-order valence-electron chi connectivity index (χ0n) is 12.5. The SMILES string of the molecule is O=C(O)C[C@@H](NC(=O)c1cccc2c1OCO2)c1ccc(F)cc1. The van der Waals surface area contributed by atoms with Crippen molar-refractivity contribution in [1.29, 1.82) is 0 Å². The lowest BCUT2D eigenvalue weighted by atomic mass is 10.0. The van der Waals surface area contributed by atoms with Gasteiger partial charge in [-0.25, -0.2) is 4.39 Å². The van der Waals surface area contributed by atoms with Crippen LogP contribution in [-0.2, 0) is 4.79 Å². The summed E-state index contributed by atoms with van der Waals surface area (Å²) < 4.78 is 23.6. The Morgan fingerprint density at radius 3 is 2.62 bits per heavy atom. The van der Waals surface area contributed by atoms with Gasteiger partial charge < -0.3 is 19.9 Å².